The average molecular weight is 286 g/mol. The predicted octanol–water partition coefficient (Wildman–Crippen LogP) is 1.62. The minimum atomic E-state index is -0.808. The summed E-state index contributed by atoms with van der Waals surface area (Å²) in [5.41, 5.74) is 0.826. The molecule has 0 fully saturated rings. The molecule has 96 valence electrons. The van der Waals surface area contributed by atoms with Crippen LogP contribution in [0.15, 0.2) is 24.3 Å². The summed E-state index contributed by atoms with van der Waals surface area (Å²) >= 11 is 7.41. The Morgan fingerprint density at radius 3 is 2.83 bits per heavy atom. The quantitative estimate of drug-likeness (QED) is 0.778. The lowest BCUT2D eigenvalue weighted by molar-refractivity contribution is 0.105. The molecule has 18 heavy (non-hydrogen) atoms. The molecule has 0 unspecified atom stereocenters. The molecule has 0 saturated heterocycles. The second-order valence-corrected chi connectivity index (χ2v) is 4.99. The number of aliphatic hydroxyl groups is 2. The molecule has 0 aliphatic heterocycles. The molecule has 0 aliphatic carbocycles. The van der Waals surface area contributed by atoms with Gasteiger partial charge in [0, 0.05) is 12.1 Å². The lowest BCUT2D eigenvalue weighted by atomic mass is 10.2. The molecule has 0 spiro atoms. The smallest absolute Gasteiger partial charge is 0.206 e. The fourth-order valence-electron chi connectivity index (χ4n) is 1.31. The van der Waals surface area contributed by atoms with Crippen LogP contribution in [0, 0.1) is 0 Å². The molecule has 7 heteroatoms. The molecule has 5 nitrogen and oxygen atoms in total. The van der Waals surface area contributed by atoms with Gasteiger partial charge in [-0.25, -0.2) is 0 Å². The lowest BCUT2D eigenvalue weighted by Gasteiger charge is -2.06. The zero-order valence-electron chi connectivity index (χ0n) is 9.38. The highest BCUT2D eigenvalue weighted by molar-refractivity contribution is 7.18. The summed E-state index contributed by atoms with van der Waals surface area (Å²) in [5, 5.41) is 30.7. The summed E-state index contributed by atoms with van der Waals surface area (Å²) in [6.45, 7) is -0.0587. The maximum absolute atomic E-state index is 9.21. The van der Waals surface area contributed by atoms with Crippen molar-refractivity contribution in [3.05, 3.63) is 29.3 Å². The van der Waals surface area contributed by atoms with Crippen LogP contribution in [-0.4, -0.2) is 39.7 Å². The summed E-state index contributed by atoms with van der Waals surface area (Å²) in [5.74, 6) is 0. The van der Waals surface area contributed by atoms with E-state index in [2.05, 4.69) is 15.5 Å². The number of anilines is 1. The maximum Gasteiger partial charge on any atom is 0.206 e. The second-order valence-electron chi connectivity index (χ2n) is 3.61. The van der Waals surface area contributed by atoms with Gasteiger partial charge in [-0.2, -0.15) is 0 Å². The van der Waals surface area contributed by atoms with E-state index in [4.69, 9.17) is 16.7 Å². The van der Waals surface area contributed by atoms with Crippen molar-refractivity contribution in [3.8, 4) is 10.6 Å². The van der Waals surface area contributed by atoms with Crippen LogP contribution < -0.4 is 5.32 Å². The number of benzene rings is 1. The van der Waals surface area contributed by atoms with Crippen LogP contribution >= 0.6 is 22.9 Å². The monoisotopic (exact) mass is 285 g/mol. The third-order valence-electron chi connectivity index (χ3n) is 2.23. The number of aromatic nitrogens is 2. The van der Waals surface area contributed by atoms with Crippen LogP contribution in [0.1, 0.15) is 0 Å². The SMILES string of the molecule is OC[C@H](O)CNc1nnc(-c2ccccc2Cl)s1. The first kappa shape index (κ1) is 13.2. The van der Waals surface area contributed by atoms with Gasteiger partial charge in [-0.05, 0) is 6.07 Å². The van der Waals surface area contributed by atoms with E-state index in [1.165, 1.54) is 11.3 Å². The van der Waals surface area contributed by atoms with Crippen LogP contribution in [0.3, 0.4) is 0 Å². The molecule has 2 rings (SSSR count). The van der Waals surface area contributed by atoms with E-state index >= 15 is 0 Å². The number of nitrogens with zero attached hydrogens (tertiary/aromatic N) is 2. The van der Waals surface area contributed by atoms with E-state index in [0.29, 0.717) is 15.2 Å². The highest BCUT2D eigenvalue weighted by Crippen LogP contribution is 2.31. The van der Waals surface area contributed by atoms with Gasteiger partial charge in [-0.15, -0.1) is 10.2 Å². The van der Waals surface area contributed by atoms with Gasteiger partial charge in [0.05, 0.1) is 17.7 Å². The van der Waals surface area contributed by atoms with Crippen molar-refractivity contribution in [2.45, 2.75) is 6.10 Å². The van der Waals surface area contributed by atoms with E-state index in [1.807, 2.05) is 18.2 Å². The van der Waals surface area contributed by atoms with E-state index in [0.717, 1.165) is 5.56 Å². The van der Waals surface area contributed by atoms with Crippen molar-refractivity contribution in [1.29, 1.82) is 0 Å². The van der Waals surface area contributed by atoms with Crippen molar-refractivity contribution in [2.75, 3.05) is 18.5 Å². The first-order chi connectivity index (χ1) is 8.70. The Bertz CT molecular complexity index is 520. The van der Waals surface area contributed by atoms with Crippen molar-refractivity contribution >= 4 is 28.1 Å². The van der Waals surface area contributed by atoms with Crippen LogP contribution in [-0.2, 0) is 0 Å². The Labute approximate surface area is 113 Å². The number of aliphatic hydroxyl groups excluding tert-OH is 2. The van der Waals surface area contributed by atoms with Crippen molar-refractivity contribution in [1.82, 2.24) is 10.2 Å². The van der Waals surface area contributed by atoms with Gasteiger partial charge in [0.15, 0.2) is 5.01 Å². The average Bonchev–Trinajstić information content (AvgIpc) is 2.85. The first-order valence-electron chi connectivity index (χ1n) is 5.32. The Kier molecular flexibility index (Phi) is 4.48. The fourth-order valence-corrected chi connectivity index (χ4v) is 2.38. The minimum Gasteiger partial charge on any atom is -0.394 e. The molecule has 0 radical (unpaired) electrons. The molecular weight excluding hydrogens is 274 g/mol. The molecule has 1 atom stereocenters. The largest absolute Gasteiger partial charge is 0.394 e. The van der Waals surface area contributed by atoms with Crippen LogP contribution in [0.2, 0.25) is 5.02 Å². The number of hydrogen-bond acceptors (Lipinski definition) is 6. The molecule has 0 aliphatic rings. The summed E-state index contributed by atoms with van der Waals surface area (Å²) in [6.07, 6.45) is -0.808. The molecule has 2 aromatic rings. The van der Waals surface area contributed by atoms with Crippen molar-refractivity contribution in [2.24, 2.45) is 0 Å². The molecule has 0 amide bonds. The van der Waals surface area contributed by atoms with Gasteiger partial charge in [0.2, 0.25) is 5.13 Å². The van der Waals surface area contributed by atoms with Gasteiger partial charge in [-0.1, -0.05) is 41.1 Å². The van der Waals surface area contributed by atoms with E-state index < -0.39 is 6.10 Å². The first-order valence-corrected chi connectivity index (χ1v) is 6.51. The summed E-state index contributed by atoms with van der Waals surface area (Å²) in [4.78, 5) is 0. The molecule has 1 aromatic heterocycles. The van der Waals surface area contributed by atoms with Gasteiger partial charge in [0.25, 0.3) is 0 Å². The Balaban J connectivity index is 2.09. The number of hydrogen-bond donors (Lipinski definition) is 3. The zero-order chi connectivity index (χ0) is 13.0. The molecule has 0 bridgehead atoms. The molecule has 3 N–H and O–H groups in total. The van der Waals surface area contributed by atoms with Crippen molar-refractivity contribution < 1.29 is 10.2 Å². The van der Waals surface area contributed by atoms with Gasteiger partial charge < -0.3 is 15.5 Å². The number of nitrogens with one attached hydrogen (secondary N) is 1. The van der Waals surface area contributed by atoms with Gasteiger partial charge in [-0.3, -0.25) is 0 Å². The molecule has 1 heterocycles. The fraction of sp³-hybridized carbons (Fsp3) is 0.273. The van der Waals surface area contributed by atoms with Crippen LogP contribution in [0.5, 0.6) is 0 Å². The lowest BCUT2D eigenvalue weighted by Crippen LogP contribution is -2.22. The maximum atomic E-state index is 9.21. The molecule has 1 aromatic carbocycles. The van der Waals surface area contributed by atoms with E-state index in [9.17, 15) is 5.11 Å². The highest BCUT2D eigenvalue weighted by atomic mass is 35.5. The summed E-state index contributed by atoms with van der Waals surface area (Å²) in [6, 6.07) is 7.39. The Morgan fingerprint density at radius 2 is 2.11 bits per heavy atom. The molecular formula is C11H12ClN3O2S. The molecule has 0 saturated carbocycles. The number of rotatable bonds is 5. The van der Waals surface area contributed by atoms with Gasteiger partial charge >= 0.3 is 0 Å². The van der Waals surface area contributed by atoms with Crippen molar-refractivity contribution in [3.63, 3.8) is 0 Å². The number of halogens is 1. The van der Waals surface area contributed by atoms with Crippen LogP contribution in [0.25, 0.3) is 10.6 Å². The summed E-state index contributed by atoms with van der Waals surface area (Å²) < 4.78 is 0. The third-order valence-corrected chi connectivity index (χ3v) is 3.47. The van der Waals surface area contributed by atoms with E-state index in [-0.39, 0.29) is 13.2 Å². The topological polar surface area (TPSA) is 78.3 Å². The van der Waals surface area contributed by atoms with Gasteiger partial charge in [0.1, 0.15) is 0 Å². The third kappa shape index (κ3) is 3.17. The summed E-state index contributed by atoms with van der Waals surface area (Å²) in [7, 11) is 0. The second kappa shape index (κ2) is 6.10. The minimum absolute atomic E-state index is 0.230. The predicted molar refractivity (Wildman–Crippen MR) is 71.9 cm³/mol. The Hall–Kier alpha value is -1.21. The van der Waals surface area contributed by atoms with Crippen LogP contribution in [0.4, 0.5) is 5.13 Å². The normalized spacial score (nSPS) is 12.4. The highest BCUT2D eigenvalue weighted by Gasteiger charge is 2.10. The van der Waals surface area contributed by atoms with E-state index in [1.54, 1.807) is 6.07 Å². The Morgan fingerprint density at radius 1 is 1.33 bits per heavy atom. The standard InChI is InChI=1S/C11H12ClN3O2S/c12-9-4-2-1-3-8(9)10-14-15-11(18-10)13-5-7(17)6-16/h1-4,7,16-17H,5-6H2,(H,13,15)/t7-/m1/s1. The zero-order valence-corrected chi connectivity index (χ0v) is 10.9.